The molecule has 2 heterocycles. The Morgan fingerprint density at radius 2 is 1.97 bits per heavy atom. The molecule has 1 aliphatic rings. The number of aromatic nitrogens is 3. The number of nitrogens with one attached hydrogen (secondary N) is 1. The topological polar surface area (TPSA) is 78.2 Å². The first-order valence-corrected chi connectivity index (χ1v) is 11.1. The highest BCUT2D eigenvalue weighted by molar-refractivity contribution is 6.30. The predicted molar refractivity (Wildman–Crippen MR) is 125 cm³/mol. The zero-order chi connectivity index (χ0) is 23.0. The van der Waals surface area contributed by atoms with Crippen molar-refractivity contribution < 1.29 is 9.53 Å². The summed E-state index contributed by atoms with van der Waals surface area (Å²) in [6, 6.07) is 9.23. The van der Waals surface area contributed by atoms with Gasteiger partial charge in [-0.1, -0.05) is 23.7 Å². The molecule has 0 amide bonds. The van der Waals surface area contributed by atoms with Gasteiger partial charge >= 0.3 is 5.97 Å². The highest BCUT2D eigenvalue weighted by atomic mass is 35.5. The zero-order valence-electron chi connectivity index (χ0n) is 18.7. The van der Waals surface area contributed by atoms with Crippen molar-refractivity contribution in [2.45, 2.75) is 45.7 Å². The van der Waals surface area contributed by atoms with Crippen molar-refractivity contribution >= 4 is 23.3 Å². The molecule has 0 saturated heterocycles. The summed E-state index contributed by atoms with van der Waals surface area (Å²) in [5.41, 5.74) is 4.26. The molecule has 4 rings (SSSR count). The van der Waals surface area contributed by atoms with Crippen LogP contribution in [0.15, 0.2) is 41.3 Å². The SMILES string of the molecule is CCOC(=O)c1nn(C2CC2)c(C)c1C(Nc1cc(C)c(=O)n(C)c1)c1ccc(Cl)cc1. The Bertz CT molecular complexity index is 1180. The maximum atomic E-state index is 12.9. The summed E-state index contributed by atoms with van der Waals surface area (Å²) < 4.78 is 8.82. The molecular formula is C24H27ClN4O3. The third kappa shape index (κ3) is 4.30. The first kappa shape index (κ1) is 22.1. The van der Waals surface area contributed by atoms with Gasteiger partial charge in [0.2, 0.25) is 0 Å². The molecular weight excluding hydrogens is 428 g/mol. The van der Waals surface area contributed by atoms with Gasteiger partial charge in [0.25, 0.3) is 5.56 Å². The van der Waals surface area contributed by atoms with Crippen LogP contribution < -0.4 is 10.9 Å². The number of aryl methyl sites for hydroxylation is 2. The van der Waals surface area contributed by atoms with Crippen molar-refractivity contribution in [1.29, 1.82) is 0 Å². The van der Waals surface area contributed by atoms with Gasteiger partial charge in [-0.2, -0.15) is 5.10 Å². The summed E-state index contributed by atoms with van der Waals surface area (Å²) in [7, 11) is 1.72. The van der Waals surface area contributed by atoms with Crippen LogP contribution >= 0.6 is 11.6 Å². The van der Waals surface area contributed by atoms with Crippen LogP contribution in [0.4, 0.5) is 5.69 Å². The summed E-state index contributed by atoms with van der Waals surface area (Å²) in [6.07, 6.45) is 3.84. The number of halogens is 1. The number of carbonyl (C=O) groups is 1. The van der Waals surface area contributed by atoms with Crippen molar-refractivity contribution in [1.82, 2.24) is 14.3 Å². The van der Waals surface area contributed by atoms with E-state index in [0.29, 0.717) is 22.3 Å². The second-order valence-electron chi connectivity index (χ2n) is 8.20. The van der Waals surface area contributed by atoms with Gasteiger partial charge in [-0.3, -0.25) is 9.48 Å². The Hall–Kier alpha value is -3.06. The van der Waals surface area contributed by atoms with Gasteiger partial charge in [-0.05, 0) is 57.4 Å². The second-order valence-corrected chi connectivity index (χ2v) is 8.64. The van der Waals surface area contributed by atoms with Crippen molar-refractivity contribution in [2.75, 3.05) is 11.9 Å². The lowest BCUT2D eigenvalue weighted by atomic mass is 9.96. The Morgan fingerprint density at radius 1 is 1.28 bits per heavy atom. The van der Waals surface area contributed by atoms with Crippen LogP contribution in [0.2, 0.25) is 5.02 Å². The van der Waals surface area contributed by atoms with Crippen molar-refractivity contribution in [3.05, 3.63) is 80.0 Å². The van der Waals surface area contributed by atoms with E-state index in [1.54, 1.807) is 31.7 Å². The average molecular weight is 455 g/mol. The second kappa shape index (κ2) is 8.82. The molecule has 2 aromatic heterocycles. The molecule has 0 bridgehead atoms. The number of pyridine rings is 1. The minimum absolute atomic E-state index is 0.0523. The summed E-state index contributed by atoms with van der Waals surface area (Å²) in [4.78, 5) is 25.1. The van der Waals surface area contributed by atoms with Crippen LogP contribution in [-0.4, -0.2) is 26.9 Å². The van der Waals surface area contributed by atoms with Gasteiger partial charge < -0.3 is 14.6 Å². The summed E-state index contributed by atoms with van der Waals surface area (Å²) in [6.45, 7) is 5.82. The van der Waals surface area contributed by atoms with Gasteiger partial charge in [0.15, 0.2) is 5.69 Å². The first-order valence-electron chi connectivity index (χ1n) is 10.8. The highest BCUT2D eigenvalue weighted by Gasteiger charge is 2.34. The number of rotatable bonds is 7. The van der Waals surface area contributed by atoms with Gasteiger partial charge in [0, 0.05) is 35.1 Å². The molecule has 0 radical (unpaired) electrons. The molecule has 1 unspecified atom stereocenters. The number of nitrogens with zero attached hydrogens (tertiary/aromatic N) is 3. The molecule has 1 aromatic carbocycles. The van der Waals surface area contributed by atoms with Gasteiger partial charge in [-0.15, -0.1) is 0 Å². The fraction of sp³-hybridized carbons (Fsp3) is 0.375. The van der Waals surface area contributed by atoms with Gasteiger partial charge in [-0.25, -0.2) is 4.79 Å². The molecule has 1 fully saturated rings. The van der Waals surface area contributed by atoms with Gasteiger partial charge in [0.05, 0.1) is 24.4 Å². The van der Waals surface area contributed by atoms with Gasteiger partial charge in [0.1, 0.15) is 0 Å². The van der Waals surface area contributed by atoms with E-state index in [9.17, 15) is 9.59 Å². The molecule has 0 aliphatic heterocycles. The monoisotopic (exact) mass is 454 g/mol. The van der Waals surface area contributed by atoms with Crippen LogP contribution in [-0.2, 0) is 11.8 Å². The van der Waals surface area contributed by atoms with E-state index in [1.807, 2.05) is 41.9 Å². The minimum Gasteiger partial charge on any atom is -0.461 e. The van der Waals surface area contributed by atoms with E-state index < -0.39 is 12.0 Å². The standard InChI is InChI=1S/C24H27ClN4O3/c1-5-32-24(31)22-20(15(3)29(27-22)19-10-11-19)21(16-6-8-17(25)9-7-16)26-18-12-14(2)23(30)28(4)13-18/h6-9,12-13,19,21,26H,5,10-11H2,1-4H3. The van der Waals surface area contributed by atoms with E-state index in [-0.39, 0.29) is 12.2 Å². The lowest BCUT2D eigenvalue weighted by molar-refractivity contribution is 0.0517. The lowest BCUT2D eigenvalue weighted by Crippen LogP contribution is -2.22. The molecule has 168 valence electrons. The van der Waals surface area contributed by atoms with E-state index in [0.717, 1.165) is 35.3 Å². The van der Waals surface area contributed by atoms with Crippen LogP contribution in [0, 0.1) is 13.8 Å². The average Bonchev–Trinajstić information content (AvgIpc) is 3.54. The molecule has 0 spiro atoms. The number of benzene rings is 1. The summed E-state index contributed by atoms with van der Waals surface area (Å²) in [5, 5.41) is 8.82. The normalized spacial score (nSPS) is 14.3. The fourth-order valence-electron chi connectivity index (χ4n) is 4.00. The molecule has 1 N–H and O–H groups in total. The molecule has 7 nitrogen and oxygen atoms in total. The van der Waals surface area contributed by atoms with Crippen molar-refractivity contribution in [3.63, 3.8) is 0 Å². The van der Waals surface area contributed by atoms with E-state index in [4.69, 9.17) is 16.3 Å². The maximum absolute atomic E-state index is 12.9. The maximum Gasteiger partial charge on any atom is 0.359 e. The lowest BCUT2D eigenvalue weighted by Gasteiger charge is -2.22. The number of ether oxygens (including phenoxy) is 1. The molecule has 32 heavy (non-hydrogen) atoms. The molecule has 1 saturated carbocycles. The Balaban J connectivity index is 1.87. The third-order valence-corrected chi connectivity index (χ3v) is 5.98. The fourth-order valence-corrected chi connectivity index (χ4v) is 4.13. The number of hydrogen-bond acceptors (Lipinski definition) is 5. The molecule has 1 atom stereocenters. The number of carbonyl (C=O) groups excluding carboxylic acids is 1. The number of esters is 1. The quantitative estimate of drug-likeness (QED) is 0.529. The predicted octanol–water partition coefficient (Wildman–Crippen LogP) is 4.57. The van der Waals surface area contributed by atoms with E-state index in [1.165, 1.54) is 0 Å². The van der Waals surface area contributed by atoms with Crippen LogP contribution in [0.1, 0.15) is 64.7 Å². The Morgan fingerprint density at radius 3 is 2.56 bits per heavy atom. The molecule has 3 aromatic rings. The van der Waals surface area contributed by atoms with E-state index in [2.05, 4.69) is 10.4 Å². The van der Waals surface area contributed by atoms with Crippen molar-refractivity contribution in [2.24, 2.45) is 7.05 Å². The third-order valence-electron chi connectivity index (χ3n) is 5.72. The molecule has 8 heteroatoms. The Kier molecular flexibility index (Phi) is 6.11. The van der Waals surface area contributed by atoms with Crippen LogP contribution in [0.3, 0.4) is 0 Å². The minimum atomic E-state index is -0.442. The van der Waals surface area contributed by atoms with Crippen LogP contribution in [0.5, 0.6) is 0 Å². The number of anilines is 1. The highest BCUT2D eigenvalue weighted by Crippen LogP contribution is 2.39. The molecule has 1 aliphatic carbocycles. The van der Waals surface area contributed by atoms with Crippen LogP contribution in [0.25, 0.3) is 0 Å². The largest absolute Gasteiger partial charge is 0.461 e. The van der Waals surface area contributed by atoms with Crippen molar-refractivity contribution in [3.8, 4) is 0 Å². The zero-order valence-corrected chi connectivity index (χ0v) is 19.4. The number of hydrogen-bond donors (Lipinski definition) is 1. The summed E-state index contributed by atoms with van der Waals surface area (Å²) in [5.74, 6) is -0.442. The Labute approximate surface area is 192 Å². The first-order chi connectivity index (χ1) is 15.3. The van der Waals surface area contributed by atoms with E-state index >= 15 is 0 Å². The smallest absolute Gasteiger partial charge is 0.359 e. The summed E-state index contributed by atoms with van der Waals surface area (Å²) >= 11 is 6.14.